The SMILES string of the molecule is COCCNCc1cc(Cl)ccc1N1CCC(OC)C1. The summed E-state index contributed by atoms with van der Waals surface area (Å²) in [5.74, 6) is 0. The number of methoxy groups -OCH3 is 2. The van der Waals surface area contributed by atoms with Gasteiger partial charge in [-0.05, 0) is 30.2 Å². The highest BCUT2D eigenvalue weighted by atomic mass is 35.5. The molecule has 1 N–H and O–H groups in total. The highest BCUT2D eigenvalue weighted by Gasteiger charge is 2.23. The first-order valence-corrected chi connectivity index (χ1v) is 7.38. The van der Waals surface area contributed by atoms with Crippen LogP contribution in [-0.2, 0) is 16.0 Å². The number of ether oxygens (including phenoxy) is 2. The molecule has 0 amide bonds. The Bertz CT molecular complexity index is 428. The Morgan fingerprint density at radius 1 is 1.40 bits per heavy atom. The van der Waals surface area contributed by atoms with E-state index in [4.69, 9.17) is 21.1 Å². The predicted octanol–water partition coefficient (Wildman–Crippen LogP) is 2.30. The summed E-state index contributed by atoms with van der Waals surface area (Å²) in [6.07, 6.45) is 1.41. The maximum atomic E-state index is 6.12. The van der Waals surface area contributed by atoms with Crippen LogP contribution in [0.1, 0.15) is 12.0 Å². The van der Waals surface area contributed by atoms with E-state index in [1.54, 1.807) is 14.2 Å². The van der Waals surface area contributed by atoms with Gasteiger partial charge in [0.05, 0.1) is 12.7 Å². The molecular formula is C15H23ClN2O2. The number of hydrogen-bond donors (Lipinski definition) is 1. The maximum absolute atomic E-state index is 6.12. The molecule has 1 aliphatic heterocycles. The van der Waals surface area contributed by atoms with E-state index in [1.807, 2.05) is 12.1 Å². The lowest BCUT2D eigenvalue weighted by Gasteiger charge is -2.22. The van der Waals surface area contributed by atoms with Crippen LogP contribution in [0.3, 0.4) is 0 Å². The molecule has 0 bridgehead atoms. The van der Waals surface area contributed by atoms with Crippen molar-refractivity contribution in [1.82, 2.24) is 5.32 Å². The average Bonchev–Trinajstić information content (AvgIpc) is 2.92. The van der Waals surface area contributed by atoms with Crippen molar-refractivity contribution >= 4 is 17.3 Å². The Balaban J connectivity index is 2.03. The summed E-state index contributed by atoms with van der Waals surface area (Å²) in [6, 6.07) is 6.10. The van der Waals surface area contributed by atoms with Gasteiger partial charge in [-0.3, -0.25) is 0 Å². The molecule has 1 heterocycles. The summed E-state index contributed by atoms with van der Waals surface area (Å²) in [6.45, 7) is 4.33. The lowest BCUT2D eigenvalue weighted by Crippen LogP contribution is -2.25. The van der Waals surface area contributed by atoms with E-state index in [1.165, 1.54) is 11.3 Å². The Morgan fingerprint density at radius 2 is 2.25 bits per heavy atom. The molecule has 2 rings (SSSR count). The molecule has 1 aliphatic rings. The summed E-state index contributed by atoms with van der Waals surface area (Å²) in [4.78, 5) is 2.37. The fourth-order valence-corrected chi connectivity index (χ4v) is 2.74. The first-order valence-electron chi connectivity index (χ1n) is 7.00. The third-order valence-corrected chi connectivity index (χ3v) is 3.89. The van der Waals surface area contributed by atoms with E-state index in [2.05, 4.69) is 16.3 Å². The number of benzene rings is 1. The van der Waals surface area contributed by atoms with Crippen molar-refractivity contribution in [2.45, 2.75) is 19.1 Å². The molecule has 0 radical (unpaired) electrons. The number of hydrogen-bond acceptors (Lipinski definition) is 4. The van der Waals surface area contributed by atoms with Gasteiger partial charge in [-0.15, -0.1) is 0 Å². The van der Waals surface area contributed by atoms with Gasteiger partial charge in [-0.2, -0.15) is 0 Å². The number of anilines is 1. The largest absolute Gasteiger partial charge is 0.383 e. The van der Waals surface area contributed by atoms with Crippen molar-refractivity contribution in [3.63, 3.8) is 0 Å². The van der Waals surface area contributed by atoms with Crippen molar-refractivity contribution in [3.8, 4) is 0 Å². The van der Waals surface area contributed by atoms with E-state index >= 15 is 0 Å². The van der Waals surface area contributed by atoms with Crippen LogP contribution < -0.4 is 10.2 Å². The maximum Gasteiger partial charge on any atom is 0.0762 e. The zero-order valence-electron chi connectivity index (χ0n) is 12.2. The first-order chi connectivity index (χ1) is 9.74. The molecule has 0 aromatic heterocycles. The van der Waals surface area contributed by atoms with Gasteiger partial charge in [0.25, 0.3) is 0 Å². The van der Waals surface area contributed by atoms with Crippen LogP contribution in [0.25, 0.3) is 0 Å². The van der Waals surface area contributed by atoms with Crippen LogP contribution in [0.5, 0.6) is 0 Å². The van der Waals surface area contributed by atoms with Gasteiger partial charge in [0.1, 0.15) is 0 Å². The molecule has 1 unspecified atom stereocenters. The van der Waals surface area contributed by atoms with Crippen LogP contribution >= 0.6 is 11.6 Å². The fourth-order valence-electron chi connectivity index (χ4n) is 2.54. The molecular weight excluding hydrogens is 276 g/mol. The summed E-state index contributed by atoms with van der Waals surface area (Å²) in [5, 5.41) is 4.15. The van der Waals surface area contributed by atoms with Crippen molar-refractivity contribution in [2.24, 2.45) is 0 Å². The third-order valence-electron chi connectivity index (χ3n) is 3.66. The van der Waals surface area contributed by atoms with Crippen molar-refractivity contribution in [1.29, 1.82) is 0 Å². The molecule has 112 valence electrons. The van der Waals surface area contributed by atoms with Crippen molar-refractivity contribution < 1.29 is 9.47 Å². The molecule has 1 aromatic carbocycles. The average molecular weight is 299 g/mol. The second-order valence-corrected chi connectivity index (χ2v) is 5.47. The van der Waals surface area contributed by atoms with Crippen LogP contribution in [0.4, 0.5) is 5.69 Å². The highest BCUT2D eigenvalue weighted by Crippen LogP contribution is 2.28. The molecule has 0 spiro atoms. The molecule has 5 heteroatoms. The van der Waals surface area contributed by atoms with E-state index in [-0.39, 0.29) is 0 Å². The topological polar surface area (TPSA) is 33.7 Å². The number of halogens is 1. The lowest BCUT2D eigenvalue weighted by atomic mass is 10.1. The normalized spacial score (nSPS) is 18.8. The van der Waals surface area contributed by atoms with E-state index < -0.39 is 0 Å². The minimum absolute atomic E-state index is 0.333. The van der Waals surface area contributed by atoms with Gasteiger partial charge in [-0.1, -0.05) is 11.6 Å². The molecule has 0 aliphatic carbocycles. The fraction of sp³-hybridized carbons (Fsp3) is 0.600. The van der Waals surface area contributed by atoms with Crippen LogP contribution in [0, 0.1) is 0 Å². The highest BCUT2D eigenvalue weighted by molar-refractivity contribution is 6.30. The molecule has 1 fully saturated rings. The zero-order valence-corrected chi connectivity index (χ0v) is 12.9. The lowest BCUT2D eigenvalue weighted by molar-refractivity contribution is 0.121. The van der Waals surface area contributed by atoms with E-state index in [9.17, 15) is 0 Å². The van der Waals surface area contributed by atoms with Gasteiger partial charge < -0.3 is 19.7 Å². The Labute approximate surface area is 126 Å². The summed E-state index contributed by atoms with van der Waals surface area (Å²) in [5.41, 5.74) is 2.48. The van der Waals surface area contributed by atoms with Gasteiger partial charge in [0, 0.05) is 51.1 Å². The van der Waals surface area contributed by atoms with Crippen molar-refractivity contribution in [2.75, 3.05) is 45.4 Å². The van der Waals surface area contributed by atoms with Gasteiger partial charge >= 0.3 is 0 Å². The monoisotopic (exact) mass is 298 g/mol. The molecule has 0 saturated carbocycles. The minimum Gasteiger partial charge on any atom is -0.383 e. The number of nitrogens with zero attached hydrogens (tertiary/aromatic N) is 1. The Hall–Kier alpha value is -0.810. The standard InChI is InChI=1S/C15H23ClN2O2/c1-19-8-6-17-10-12-9-13(16)3-4-15(12)18-7-5-14(11-18)20-2/h3-4,9,14,17H,5-8,10-11H2,1-2H3. The van der Waals surface area contributed by atoms with Gasteiger partial charge in [0.15, 0.2) is 0 Å². The molecule has 1 atom stereocenters. The van der Waals surface area contributed by atoms with Gasteiger partial charge in [-0.25, -0.2) is 0 Å². The third kappa shape index (κ3) is 4.09. The molecule has 20 heavy (non-hydrogen) atoms. The number of rotatable bonds is 7. The smallest absolute Gasteiger partial charge is 0.0762 e. The van der Waals surface area contributed by atoms with Crippen molar-refractivity contribution in [3.05, 3.63) is 28.8 Å². The molecule has 4 nitrogen and oxygen atoms in total. The summed E-state index contributed by atoms with van der Waals surface area (Å²) < 4.78 is 10.5. The molecule has 1 saturated heterocycles. The summed E-state index contributed by atoms with van der Waals surface area (Å²) >= 11 is 6.12. The van der Waals surface area contributed by atoms with E-state index in [0.717, 1.165) is 37.6 Å². The minimum atomic E-state index is 0.333. The second kappa shape index (κ2) is 7.84. The molecule has 1 aromatic rings. The second-order valence-electron chi connectivity index (χ2n) is 5.04. The zero-order chi connectivity index (χ0) is 14.4. The van der Waals surface area contributed by atoms with Gasteiger partial charge in [0.2, 0.25) is 0 Å². The quantitative estimate of drug-likeness (QED) is 0.783. The van der Waals surface area contributed by atoms with E-state index in [0.29, 0.717) is 12.7 Å². The van der Waals surface area contributed by atoms with Crippen LogP contribution in [0.2, 0.25) is 5.02 Å². The number of nitrogens with one attached hydrogen (secondary N) is 1. The Morgan fingerprint density at radius 3 is 2.95 bits per heavy atom. The van der Waals surface area contributed by atoms with Crippen LogP contribution in [-0.4, -0.2) is 46.6 Å². The Kier molecular flexibility index (Phi) is 6.10. The van der Waals surface area contributed by atoms with Crippen LogP contribution in [0.15, 0.2) is 18.2 Å². The predicted molar refractivity (Wildman–Crippen MR) is 82.7 cm³/mol. The summed E-state index contributed by atoms with van der Waals surface area (Å²) in [7, 11) is 3.49. The first kappa shape index (κ1) is 15.6.